The largest absolute Gasteiger partial charge is 0.394 e. The van der Waals surface area contributed by atoms with Crippen LogP contribution in [0.3, 0.4) is 0 Å². The molecule has 3 saturated heterocycles. The van der Waals surface area contributed by atoms with E-state index in [1.807, 2.05) is 0 Å². The lowest BCUT2D eigenvalue weighted by atomic mass is 9.96. The van der Waals surface area contributed by atoms with E-state index in [1.54, 1.807) is 6.92 Å². The van der Waals surface area contributed by atoms with Gasteiger partial charge in [-0.2, -0.15) is 0 Å². The van der Waals surface area contributed by atoms with Gasteiger partial charge in [-0.15, -0.1) is 0 Å². The highest BCUT2D eigenvalue weighted by atomic mass is 16.7. The van der Waals surface area contributed by atoms with E-state index in [9.17, 15) is 35.4 Å². The first-order valence-corrected chi connectivity index (χ1v) is 11.6. The van der Waals surface area contributed by atoms with Gasteiger partial charge in [0.25, 0.3) is 0 Å². The zero-order valence-electron chi connectivity index (χ0n) is 20.0. The van der Waals surface area contributed by atoms with E-state index < -0.39 is 98.5 Å². The maximum Gasteiger partial charge on any atom is 0.217 e. The van der Waals surface area contributed by atoms with Gasteiger partial charge in [0, 0.05) is 20.5 Å². The lowest BCUT2D eigenvalue weighted by molar-refractivity contribution is -0.345. The minimum Gasteiger partial charge on any atom is -0.394 e. The number of aliphatic hydroxyl groups is 6. The Balaban J connectivity index is 1.75. The summed E-state index contributed by atoms with van der Waals surface area (Å²) in [4.78, 5) is 11.8. The lowest BCUT2D eigenvalue weighted by Crippen LogP contribution is -2.66. The van der Waals surface area contributed by atoms with Crippen LogP contribution in [0.2, 0.25) is 0 Å². The third kappa shape index (κ3) is 6.29. The van der Waals surface area contributed by atoms with Crippen molar-refractivity contribution in [3.63, 3.8) is 0 Å². The Hall–Kier alpha value is -1.01. The molecular formula is C21H37NO13. The lowest BCUT2D eigenvalue weighted by Gasteiger charge is -2.47. The quantitative estimate of drug-likeness (QED) is 0.176. The fourth-order valence-electron chi connectivity index (χ4n) is 4.52. The van der Waals surface area contributed by atoms with Crippen LogP contribution < -0.4 is 5.32 Å². The van der Waals surface area contributed by atoms with Gasteiger partial charge in [-0.25, -0.2) is 0 Å². The first-order chi connectivity index (χ1) is 16.5. The minimum absolute atomic E-state index is 0.0799. The number of carbonyl (C=O) groups is 1. The number of amides is 1. The summed E-state index contributed by atoms with van der Waals surface area (Å²) in [5, 5.41) is 63.8. The third-order valence-corrected chi connectivity index (χ3v) is 6.54. The first-order valence-electron chi connectivity index (χ1n) is 11.6. The van der Waals surface area contributed by atoms with E-state index >= 15 is 0 Å². The highest BCUT2D eigenvalue weighted by Gasteiger charge is 2.50. The number of hydrogen-bond donors (Lipinski definition) is 7. The summed E-state index contributed by atoms with van der Waals surface area (Å²) in [5.74, 6) is -0.434. The molecule has 3 fully saturated rings. The van der Waals surface area contributed by atoms with Crippen molar-refractivity contribution < 1.29 is 63.9 Å². The van der Waals surface area contributed by atoms with Crippen molar-refractivity contribution in [2.24, 2.45) is 0 Å². The molecule has 0 aromatic rings. The summed E-state index contributed by atoms with van der Waals surface area (Å²) in [6, 6.07) is -0.957. The number of nitrogens with one attached hydrogen (secondary N) is 1. The minimum atomic E-state index is -1.57. The van der Waals surface area contributed by atoms with Crippen molar-refractivity contribution >= 4 is 5.91 Å². The van der Waals surface area contributed by atoms with E-state index in [2.05, 4.69) is 5.32 Å². The molecule has 7 N–H and O–H groups in total. The van der Waals surface area contributed by atoms with Crippen molar-refractivity contribution in [2.75, 3.05) is 13.7 Å². The molecule has 0 unspecified atom stereocenters. The van der Waals surface area contributed by atoms with Crippen LogP contribution >= 0.6 is 0 Å². The Morgan fingerprint density at radius 1 is 0.886 bits per heavy atom. The Kier molecular flexibility index (Phi) is 9.81. The number of rotatable bonds is 7. The molecule has 0 bridgehead atoms. The summed E-state index contributed by atoms with van der Waals surface area (Å²) in [6.45, 7) is 3.80. The Morgan fingerprint density at radius 2 is 1.54 bits per heavy atom. The standard InChI is InChI=1S/C21H37NO13/c1-7-14(25)10(33-21-18(29)17(28)15(26)8(2)32-21)5-12(31-7)35-19-13(22-9(3)24)20(30-4)34-11(6-23)16(19)27/h7-8,10-21,23,25-29H,5-6H2,1-4H3,(H,22,24)/t7-,8-,10-,11+,12-,13+,14-,15-,16+,17+,18+,19+,20+,21-/m0/s1. The normalized spacial score (nSPS) is 49.0. The predicted octanol–water partition coefficient (Wildman–Crippen LogP) is -3.69. The number of hydrogen-bond acceptors (Lipinski definition) is 13. The van der Waals surface area contributed by atoms with Crippen LogP contribution in [0.5, 0.6) is 0 Å². The fourth-order valence-corrected chi connectivity index (χ4v) is 4.52. The van der Waals surface area contributed by atoms with Crippen LogP contribution in [-0.2, 0) is 33.2 Å². The maximum absolute atomic E-state index is 11.8. The molecular weight excluding hydrogens is 474 g/mol. The van der Waals surface area contributed by atoms with Crippen LogP contribution in [-0.4, -0.2) is 136 Å². The summed E-state index contributed by atoms with van der Waals surface area (Å²) >= 11 is 0. The topological polar surface area (TPSA) is 206 Å². The van der Waals surface area contributed by atoms with Gasteiger partial charge in [0.1, 0.15) is 48.8 Å². The van der Waals surface area contributed by atoms with Crippen molar-refractivity contribution in [1.82, 2.24) is 5.32 Å². The zero-order valence-corrected chi connectivity index (χ0v) is 20.0. The van der Waals surface area contributed by atoms with E-state index in [0.29, 0.717) is 0 Å². The molecule has 14 heteroatoms. The van der Waals surface area contributed by atoms with E-state index in [1.165, 1.54) is 21.0 Å². The zero-order chi connectivity index (χ0) is 26.0. The van der Waals surface area contributed by atoms with E-state index in [-0.39, 0.29) is 6.42 Å². The molecule has 204 valence electrons. The van der Waals surface area contributed by atoms with Gasteiger partial charge in [0.15, 0.2) is 18.9 Å². The van der Waals surface area contributed by atoms with Crippen molar-refractivity contribution in [3.05, 3.63) is 0 Å². The smallest absolute Gasteiger partial charge is 0.217 e. The van der Waals surface area contributed by atoms with Crippen molar-refractivity contribution in [2.45, 2.75) is 113 Å². The molecule has 3 heterocycles. The van der Waals surface area contributed by atoms with Gasteiger partial charge >= 0.3 is 0 Å². The van der Waals surface area contributed by atoms with Gasteiger partial charge < -0.3 is 64.4 Å². The van der Waals surface area contributed by atoms with Crippen LogP contribution in [0.25, 0.3) is 0 Å². The molecule has 0 spiro atoms. The SMILES string of the molecule is CO[C@@H]1O[C@H](CO)[C@@H](O)[C@H](O[C@H]2C[C@H](O[C@@H]3O[C@@H](C)[C@H](O)[C@@H](O)[C@H]3O)[C@@H](O)[C@H](C)O2)[C@H]1NC(C)=O. The second-order valence-electron chi connectivity index (χ2n) is 9.13. The molecule has 3 rings (SSSR count). The molecule has 14 nitrogen and oxygen atoms in total. The Bertz CT molecular complexity index is 700. The van der Waals surface area contributed by atoms with E-state index in [4.69, 9.17) is 28.4 Å². The molecule has 14 atom stereocenters. The van der Waals surface area contributed by atoms with Gasteiger partial charge in [-0.1, -0.05) is 0 Å². The van der Waals surface area contributed by atoms with Crippen molar-refractivity contribution in [1.29, 1.82) is 0 Å². The maximum atomic E-state index is 11.8. The molecule has 0 aromatic carbocycles. The number of carbonyl (C=O) groups excluding carboxylic acids is 1. The molecule has 0 aliphatic carbocycles. The van der Waals surface area contributed by atoms with Crippen LogP contribution in [0, 0.1) is 0 Å². The van der Waals surface area contributed by atoms with Crippen molar-refractivity contribution in [3.8, 4) is 0 Å². The average molecular weight is 512 g/mol. The Morgan fingerprint density at radius 3 is 2.14 bits per heavy atom. The molecule has 3 aliphatic heterocycles. The summed E-state index contributed by atoms with van der Waals surface area (Å²) in [5.41, 5.74) is 0. The third-order valence-electron chi connectivity index (χ3n) is 6.54. The molecule has 0 aromatic heterocycles. The molecule has 1 amide bonds. The highest BCUT2D eigenvalue weighted by Crippen LogP contribution is 2.32. The van der Waals surface area contributed by atoms with Crippen LogP contribution in [0.4, 0.5) is 0 Å². The van der Waals surface area contributed by atoms with Gasteiger partial charge in [-0.05, 0) is 13.8 Å². The van der Waals surface area contributed by atoms with Gasteiger partial charge in [0.05, 0.1) is 24.9 Å². The monoisotopic (exact) mass is 511 g/mol. The molecule has 0 radical (unpaired) electrons. The van der Waals surface area contributed by atoms with Crippen LogP contribution in [0.1, 0.15) is 27.2 Å². The van der Waals surface area contributed by atoms with Crippen LogP contribution in [0.15, 0.2) is 0 Å². The van der Waals surface area contributed by atoms with Gasteiger partial charge in [0.2, 0.25) is 5.91 Å². The fraction of sp³-hybridized carbons (Fsp3) is 0.952. The summed E-state index contributed by atoms with van der Waals surface area (Å²) < 4.78 is 33.8. The average Bonchev–Trinajstić information content (AvgIpc) is 2.81. The number of ether oxygens (including phenoxy) is 6. The molecule has 35 heavy (non-hydrogen) atoms. The first kappa shape index (κ1) is 28.6. The molecule has 3 aliphatic rings. The second-order valence-corrected chi connectivity index (χ2v) is 9.13. The molecule has 0 saturated carbocycles. The number of methoxy groups -OCH3 is 1. The second kappa shape index (κ2) is 12.0. The van der Waals surface area contributed by atoms with Gasteiger partial charge in [-0.3, -0.25) is 4.79 Å². The summed E-state index contributed by atoms with van der Waals surface area (Å²) in [7, 11) is 1.34. The predicted molar refractivity (Wildman–Crippen MR) is 113 cm³/mol. The highest BCUT2D eigenvalue weighted by molar-refractivity contribution is 5.73. The van der Waals surface area contributed by atoms with E-state index in [0.717, 1.165) is 0 Å². The number of aliphatic hydroxyl groups excluding tert-OH is 6. The Labute approximate surface area is 202 Å². The summed E-state index contributed by atoms with van der Waals surface area (Å²) in [6.07, 6.45) is -15.3.